The van der Waals surface area contributed by atoms with Gasteiger partial charge in [-0.05, 0) is 54.4 Å². The lowest BCUT2D eigenvalue weighted by molar-refractivity contribution is 0.482. The fourth-order valence-electron chi connectivity index (χ4n) is 2.34. The predicted molar refractivity (Wildman–Crippen MR) is 92.4 cm³/mol. The first kappa shape index (κ1) is 15.3. The second-order valence-electron chi connectivity index (χ2n) is 5.44. The summed E-state index contributed by atoms with van der Waals surface area (Å²) >= 11 is 0. The number of rotatable bonds is 6. The third-order valence-corrected chi connectivity index (χ3v) is 3.72. The van der Waals surface area contributed by atoms with E-state index in [4.69, 9.17) is 4.74 Å². The van der Waals surface area contributed by atoms with Gasteiger partial charge in [-0.15, -0.1) is 0 Å². The number of para-hydroxylation sites is 1. The summed E-state index contributed by atoms with van der Waals surface area (Å²) in [7, 11) is 0. The normalized spacial score (nSPS) is 11.9. The maximum absolute atomic E-state index is 5.80. The Balaban J connectivity index is 1.55. The highest BCUT2D eigenvalue weighted by Crippen LogP contribution is 2.21. The smallest absolute Gasteiger partial charge is 0.127 e. The van der Waals surface area contributed by atoms with Crippen LogP contribution in [0.4, 0.5) is 0 Å². The van der Waals surface area contributed by atoms with Gasteiger partial charge in [-0.25, -0.2) is 0 Å². The molecular formula is C20H20N2O. The SMILES string of the molecule is CC(NCc1ccc(Oc2ccccc2)cc1)c1ccncc1. The molecule has 0 bridgehead atoms. The van der Waals surface area contributed by atoms with Gasteiger partial charge >= 0.3 is 0 Å². The summed E-state index contributed by atoms with van der Waals surface area (Å²) in [6.45, 7) is 2.97. The number of benzene rings is 2. The Bertz CT molecular complexity index is 712. The molecule has 0 aliphatic heterocycles. The van der Waals surface area contributed by atoms with Gasteiger partial charge in [-0.3, -0.25) is 4.98 Å². The average molecular weight is 304 g/mol. The molecule has 1 N–H and O–H groups in total. The molecule has 3 aromatic rings. The summed E-state index contributed by atoms with van der Waals surface area (Å²) in [6, 6.07) is 22.4. The van der Waals surface area contributed by atoms with E-state index in [2.05, 4.69) is 29.4 Å². The number of pyridine rings is 1. The molecule has 1 atom stereocenters. The van der Waals surface area contributed by atoms with Crippen LogP contribution >= 0.6 is 0 Å². The van der Waals surface area contributed by atoms with Gasteiger partial charge in [0, 0.05) is 25.0 Å². The van der Waals surface area contributed by atoms with Crippen molar-refractivity contribution in [3.63, 3.8) is 0 Å². The highest BCUT2D eigenvalue weighted by Gasteiger charge is 2.04. The molecule has 1 unspecified atom stereocenters. The summed E-state index contributed by atoms with van der Waals surface area (Å²) in [5.74, 6) is 1.70. The lowest BCUT2D eigenvalue weighted by Crippen LogP contribution is -2.17. The van der Waals surface area contributed by atoms with Crippen LogP contribution in [0, 0.1) is 0 Å². The molecular weight excluding hydrogens is 284 g/mol. The zero-order valence-corrected chi connectivity index (χ0v) is 13.1. The van der Waals surface area contributed by atoms with E-state index >= 15 is 0 Å². The first-order chi connectivity index (χ1) is 11.3. The molecule has 0 aliphatic rings. The van der Waals surface area contributed by atoms with Gasteiger partial charge < -0.3 is 10.1 Å². The summed E-state index contributed by atoms with van der Waals surface area (Å²) < 4.78 is 5.80. The highest BCUT2D eigenvalue weighted by molar-refractivity contribution is 5.33. The van der Waals surface area contributed by atoms with Crippen molar-refractivity contribution in [2.75, 3.05) is 0 Å². The van der Waals surface area contributed by atoms with Crippen LogP contribution in [-0.2, 0) is 6.54 Å². The Morgan fingerprint density at radius 1 is 0.870 bits per heavy atom. The van der Waals surface area contributed by atoms with E-state index in [1.54, 1.807) is 0 Å². The van der Waals surface area contributed by atoms with Crippen molar-refractivity contribution in [2.45, 2.75) is 19.5 Å². The summed E-state index contributed by atoms with van der Waals surface area (Å²) in [6.07, 6.45) is 3.65. The van der Waals surface area contributed by atoms with Gasteiger partial charge in [0.05, 0.1) is 0 Å². The molecule has 0 fully saturated rings. The van der Waals surface area contributed by atoms with Crippen LogP contribution in [0.1, 0.15) is 24.1 Å². The molecule has 2 aromatic carbocycles. The van der Waals surface area contributed by atoms with E-state index in [0.717, 1.165) is 18.0 Å². The van der Waals surface area contributed by atoms with Crippen molar-refractivity contribution >= 4 is 0 Å². The number of aromatic nitrogens is 1. The first-order valence-electron chi connectivity index (χ1n) is 7.76. The number of hydrogen-bond donors (Lipinski definition) is 1. The minimum absolute atomic E-state index is 0.290. The van der Waals surface area contributed by atoms with Crippen molar-refractivity contribution in [2.24, 2.45) is 0 Å². The lowest BCUT2D eigenvalue weighted by atomic mass is 10.1. The number of hydrogen-bond acceptors (Lipinski definition) is 3. The Morgan fingerprint density at radius 2 is 1.52 bits per heavy atom. The standard InChI is InChI=1S/C20H20N2O/c1-16(18-11-13-21-14-12-18)22-15-17-7-9-20(10-8-17)23-19-5-3-2-4-6-19/h2-14,16,22H,15H2,1H3. The molecule has 23 heavy (non-hydrogen) atoms. The van der Waals surface area contributed by atoms with Crippen LogP contribution in [0.25, 0.3) is 0 Å². The molecule has 0 spiro atoms. The van der Waals surface area contributed by atoms with Gasteiger partial charge in [0.2, 0.25) is 0 Å². The Kier molecular flexibility index (Phi) is 5.02. The van der Waals surface area contributed by atoms with Crippen LogP contribution < -0.4 is 10.1 Å². The third kappa shape index (κ3) is 4.41. The number of nitrogens with one attached hydrogen (secondary N) is 1. The topological polar surface area (TPSA) is 34.1 Å². The molecule has 3 heteroatoms. The van der Waals surface area contributed by atoms with Crippen molar-refractivity contribution in [1.82, 2.24) is 10.3 Å². The predicted octanol–water partition coefficient (Wildman–Crippen LogP) is 4.72. The Morgan fingerprint density at radius 3 is 2.22 bits per heavy atom. The van der Waals surface area contributed by atoms with Crippen LogP contribution in [0.5, 0.6) is 11.5 Å². The Labute approximate surface area is 137 Å². The van der Waals surface area contributed by atoms with Crippen LogP contribution in [-0.4, -0.2) is 4.98 Å². The average Bonchev–Trinajstić information content (AvgIpc) is 2.62. The van der Waals surface area contributed by atoms with Crippen molar-refractivity contribution < 1.29 is 4.74 Å². The first-order valence-corrected chi connectivity index (χ1v) is 7.76. The van der Waals surface area contributed by atoms with Gasteiger partial charge in [-0.1, -0.05) is 30.3 Å². The highest BCUT2D eigenvalue weighted by atomic mass is 16.5. The molecule has 1 heterocycles. The maximum atomic E-state index is 5.80. The molecule has 0 radical (unpaired) electrons. The summed E-state index contributed by atoms with van der Waals surface area (Å²) in [5, 5.41) is 3.52. The van der Waals surface area contributed by atoms with Gasteiger partial charge in [0.1, 0.15) is 11.5 Å². The largest absolute Gasteiger partial charge is 0.457 e. The second kappa shape index (κ2) is 7.56. The fourth-order valence-corrected chi connectivity index (χ4v) is 2.34. The molecule has 0 saturated carbocycles. The molecule has 3 nitrogen and oxygen atoms in total. The number of ether oxygens (including phenoxy) is 1. The molecule has 0 saturated heterocycles. The van der Waals surface area contributed by atoms with Gasteiger partial charge in [0.25, 0.3) is 0 Å². The lowest BCUT2D eigenvalue weighted by Gasteiger charge is -2.14. The van der Waals surface area contributed by atoms with Gasteiger partial charge in [-0.2, -0.15) is 0 Å². The van der Waals surface area contributed by atoms with Crippen molar-refractivity contribution in [1.29, 1.82) is 0 Å². The van der Waals surface area contributed by atoms with Crippen molar-refractivity contribution in [3.05, 3.63) is 90.3 Å². The zero-order chi connectivity index (χ0) is 15.9. The molecule has 116 valence electrons. The second-order valence-corrected chi connectivity index (χ2v) is 5.44. The molecule has 0 amide bonds. The van der Waals surface area contributed by atoms with Crippen LogP contribution in [0.3, 0.4) is 0 Å². The number of nitrogens with zero attached hydrogens (tertiary/aromatic N) is 1. The monoisotopic (exact) mass is 304 g/mol. The molecule has 3 rings (SSSR count). The Hall–Kier alpha value is -2.65. The third-order valence-electron chi connectivity index (χ3n) is 3.72. The van der Waals surface area contributed by atoms with E-state index in [0.29, 0.717) is 6.04 Å². The fraction of sp³-hybridized carbons (Fsp3) is 0.150. The van der Waals surface area contributed by atoms with E-state index < -0.39 is 0 Å². The van der Waals surface area contributed by atoms with E-state index in [1.165, 1.54) is 11.1 Å². The quantitative estimate of drug-likeness (QED) is 0.715. The minimum atomic E-state index is 0.290. The van der Waals surface area contributed by atoms with E-state index in [9.17, 15) is 0 Å². The molecule has 1 aromatic heterocycles. The summed E-state index contributed by atoms with van der Waals surface area (Å²) in [5.41, 5.74) is 2.47. The van der Waals surface area contributed by atoms with Crippen LogP contribution in [0.15, 0.2) is 79.1 Å². The zero-order valence-electron chi connectivity index (χ0n) is 13.1. The van der Waals surface area contributed by atoms with E-state index in [-0.39, 0.29) is 0 Å². The van der Waals surface area contributed by atoms with Gasteiger partial charge in [0.15, 0.2) is 0 Å². The summed E-state index contributed by atoms with van der Waals surface area (Å²) in [4.78, 5) is 4.05. The van der Waals surface area contributed by atoms with E-state index in [1.807, 2.05) is 67.0 Å². The van der Waals surface area contributed by atoms with Crippen LogP contribution in [0.2, 0.25) is 0 Å². The van der Waals surface area contributed by atoms with Crippen molar-refractivity contribution in [3.8, 4) is 11.5 Å². The molecule has 0 aliphatic carbocycles. The maximum Gasteiger partial charge on any atom is 0.127 e. The minimum Gasteiger partial charge on any atom is -0.457 e.